The molecule has 3 heterocycles. The van der Waals surface area contributed by atoms with Crippen molar-refractivity contribution in [1.82, 2.24) is 15.1 Å². The standard InChI is InChI=1S/C15H29N.C13H24N2/c1-4-13(5-2)12-16-10-6-14(7-11-16)15(3)8-9-15;1-13(4-5-13)12-2-6-15(7-3-12)10-11-8-14-9-11/h13-14H,4-12H2,1-3H3;11-12,14H,2-10H2,1H3. The molecule has 0 unspecified atom stereocenters. The third kappa shape index (κ3) is 6.48. The molecule has 0 atom stereocenters. The van der Waals surface area contributed by atoms with E-state index in [1.807, 2.05) is 0 Å². The van der Waals surface area contributed by atoms with Gasteiger partial charge in [0.2, 0.25) is 0 Å². The molecule has 0 aromatic carbocycles. The fraction of sp³-hybridized carbons (Fsp3) is 1.00. The lowest BCUT2D eigenvalue weighted by molar-refractivity contribution is 0.115. The van der Waals surface area contributed by atoms with Crippen LogP contribution in [-0.4, -0.2) is 62.2 Å². The zero-order valence-corrected chi connectivity index (χ0v) is 21.4. The van der Waals surface area contributed by atoms with Crippen molar-refractivity contribution in [2.45, 2.75) is 91.9 Å². The van der Waals surface area contributed by atoms with Crippen LogP contribution in [0.1, 0.15) is 91.9 Å². The van der Waals surface area contributed by atoms with Crippen molar-refractivity contribution in [1.29, 1.82) is 0 Å². The SMILES string of the molecule is CC1(C2CCN(CC3CNC3)CC2)CC1.CCC(CC)CN1CCC(C2(C)CC2)CC1. The maximum Gasteiger partial charge on any atom is 0.00340 e. The lowest BCUT2D eigenvalue weighted by Gasteiger charge is -2.39. The molecular formula is C28H53N3. The first-order valence-electron chi connectivity index (χ1n) is 14.1. The van der Waals surface area contributed by atoms with Crippen LogP contribution in [0.4, 0.5) is 0 Å². The number of nitrogens with one attached hydrogen (secondary N) is 1. The predicted molar refractivity (Wildman–Crippen MR) is 133 cm³/mol. The molecule has 3 saturated heterocycles. The zero-order chi connectivity index (χ0) is 21.9. The molecule has 3 heteroatoms. The Bertz CT molecular complexity index is 528. The van der Waals surface area contributed by atoms with Gasteiger partial charge in [-0.15, -0.1) is 0 Å². The minimum atomic E-state index is 0.765. The Hall–Kier alpha value is -0.120. The van der Waals surface area contributed by atoms with Gasteiger partial charge in [0.15, 0.2) is 0 Å². The van der Waals surface area contributed by atoms with Gasteiger partial charge in [-0.3, -0.25) is 0 Å². The summed E-state index contributed by atoms with van der Waals surface area (Å²) in [4.78, 5) is 5.42. The first-order chi connectivity index (χ1) is 14.9. The fourth-order valence-corrected chi connectivity index (χ4v) is 6.59. The highest BCUT2D eigenvalue weighted by atomic mass is 15.1. The van der Waals surface area contributed by atoms with Crippen LogP contribution in [0.2, 0.25) is 0 Å². The largest absolute Gasteiger partial charge is 0.316 e. The molecule has 5 rings (SSSR count). The van der Waals surface area contributed by atoms with Crippen LogP contribution in [-0.2, 0) is 0 Å². The molecule has 5 aliphatic rings. The van der Waals surface area contributed by atoms with Crippen LogP contribution < -0.4 is 5.32 Å². The second kappa shape index (κ2) is 10.4. The monoisotopic (exact) mass is 431 g/mol. The average Bonchev–Trinajstić information content (AvgIpc) is 3.69. The molecule has 3 nitrogen and oxygen atoms in total. The van der Waals surface area contributed by atoms with Gasteiger partial charge >= 0.3 is 0 Å². The number of rotatable bonds is 8. The van der Waals surface area contributed by atoms with Gasteiger partial charge in [0.05, 0.1) is 0 Å². The van der Waals surface area contributed by atoms with Gasteiger partial charge in [-0.2, -0.15) is 0 Å². The molecule has 0 amide bonds. The van der Waals surface area contributed by atoms with Crippen molar-refractivity contribution < 1.29 is 0 Å². The minimum Gasteiger partial charge on any atom is -0.316 e. The van der Waals surface area contributed by atoms with Gasteiger partial charge in [-0.25, -0.2) is 0 Å². The number of hydrogen-bond acceptors (Lipinski definition) is 3. The summed E-state index contributed by atoms with van der Waals surface area (Å²) in [5.41, 5.74) is 1.53. The topological polar surface area (TPSA) is 18.5 Å². The molecule has 1 N–H and O–H groups in total. The van der Waals surface area contributed by atoms with Crippen LogP contribution in [0, 0.1) is 34.5 Å². The third-order valence-corrected chi connectivity index (χ3v) is 10.3. The van der Waals surface area contributed by atoms with Crippen molar-refractivity contribution in [3.8, 4) is 0 Å². The van der Waals surface area contributed by atoms with Gasteiger partial charge in [-0.05, 0) is 112 Å². The first kappa shape index (κ1) is 24.0. The summed E-state index contributed by atoms with van der Waals surface area (Å²) in [6, 6.07) is 0. The number of piperidine rings is 2. The Kier molecular flexibility index (Phi) is 8.08. The predicted octanol–water partition coefficient (Wildman–Crippen LogP) is 5.65. The van der Waals surface area contributed by atoms with E-state index in [-0.39, 0.29) is 0 Å². The Balaban J connectivity index is 0.000000149. The van der Waals surface area contributed by atoms with Gasteiger partial charge in [0.25, 0.3) is 0 Å². The van der Waals surface area contributed by atoms with E-state index in [1.165, 1.54) is 117 Å². The Morgan fingerprint density at radius 3 is 1.55 bits per heavy atom. The Labute approximate surface area is 194 Å². The quantitative estimate of drug-likeness (QED) is 0.535. The van der Waals surface area contributed by atoms with Crippen molar-refractivity contribution in [2.24, 2.45) is 34.5 Å². The highest BCUT2D eigenvalue weighted by Crippen LogP contribution is 2.55. The maximum atomic E-state index is 3.37. The summed E-state index contributed by atoms with van der Waals surface area (Å²) >= 11 is 0. The van der Waals surface area contributed by atoms with E-state index in [9.17, 15) is 0 Å². The van der Waals surface area contributed by atoms with Gasteiger partial charge in [0, 0.05) is 26.2 Å². The molecule has 0 aromatic rings. The fourth-order valence-electron chi connectivity index (χ4n) is 6.59. The molecule has 2 saturated carbocycles. The van der Waals surface area contributed by atoms with Gasteiger partial charge < -0.3 is 15.1 Å². The maximum absolute atomic E-state index is 3.37. The average molecular weight is 432 g/mol. The van der Waals surface area contributed by atoms with Crippen LogP contribution in [0.5, 0.6) is 0 Å². The van der Waals surface area contributed by atoms with Gasteiger partial charge in [0.1, 0.15) is 0 Å². The van der Waals surface area contributed by atoms with Gasteiger partial charge in [-0.1, -0.05) is 40.5 Å². The Morgan fingerprint density at radius 1 is 0.742 bits per heavy atom. The lowest BCUT2D eigenvalue weighted by atomic mass is 9.82. The third-order valence-electron chi connectivity index (χ3n) is 10.3. The van der Waals surface area contributed by atoms with Crippen LogP contribution in [0.25, 0.3) is 0 Å². The summed E-state index contributed by atoms with van der Waals surface area (Å²) in [6.45, 7) is 20.4. The summed E-state index contributed by atoms with van der Waals surface area (Å²) in [5.74, 6) is 3.99. The van der Waals surface area contributed by atoms with Crippen molar-refractivity contribution in [3.63, 3.8) is 0 Å². The molecular weight excluding hydrogens is 378 g/mol. The number of nitrogens with zero attached hydrogens (tertiary/aromatic N) is 2. The minimum absolute atomic E-state index is 0.765. The van der Waals surface area contributed by atoms with E-state index in [0.29, 0.717) is 0 Å². The molecule has 180 valence electrons. The summed E-state index contributed by atoms with van der Waals surface area (Å²) in [6.07, 6.45) is 14.6. The van der Waals surface area contributed by atoms with Crippen LogP contribution in [0.3, 0.4) is 0 Å². The molecule has 3 aliphatic heterocycles. The molecule has 5 fully saturated rings. The number of likely N-dealkylation sites (tertiary alicyclic amines) is 2. The summed E-state index contributed by atoms with van der Waals surface area (Å²) in [5, 5.41) is 3.37. The highest BCUT2D eigenvalue weighted by molar-refractivity contribution is 4.97. The van der Waals surface area contributed by atoms with E-state index in [0.717, 1.165) is 34.5 Å². The van der Waals surface area contributed by atoms with Crippen molar-refractivity contribution in [3.05, 3.63) is 0 Å². The summed E-state index contributed by atoms with van der Waals surface area (Å²) in [7, 11) is 0. The molecule has 0 bridgehead atoms. The molecule has 0 aromatic heterocycles. The van der Waals surface area contributed by atoms with E-state index in [1.54, 1.807) is 0 Å². The second-order valence-electron chi connectivity index (χ2n) is 12.7. The van der Waals surface area contributed by atoms with E-state index in [4.69, 9.17) is 0 Å². The van der Waals surface area contributed by atoms with E-state index >= 15 is 0 Å². The number of hydrogen-bond donors (Lipinski definition) is 1. The van der Waals surface area contributed by atoms with Crippen molar-refractivity contribution >= 4 is 0 Å². The van der Waals surface area contributed by atoms with E-state index < -0.39 is 0 Å². The second-order valence-corrected chi connectivity index (χ2v) is 12.7. The zero-order valence-electron chi connectivity index (χ0n) is 21.4. The normalized spacial score (nSPS) is 29.3. The van der Waals surface area contributed by atoms with E-state index in [2.05, 4.69) is 42.8 Å². The lowest BCUT2D eigenvalue weighted by Crippen LogP contribution is -2.50. The molecule has 31 heavy (non-hydrogen) atoms. The molecule has 2 aliphatic carbocycles. The highest BCUT2D eigenvalue weighted by Gasteiger charge is 2.46. The smallest absolute Gasteiger partial charge is 0.00340 e. The molecule has 0 radical (unpaired) electrons. The first-order valence-corrected chi connectivity index (χ1v) is 14.1. The van der Waals surface area contributed by atoms with Crippen LogP contribution >= 0.6 is 0 Å². The van der Waals surface area contributed by atoms with Crippen molar-refractivity contribution in [2.75, 3.05) is 52.4 Å². The molecule has 0 spiro atoms. The van der Waals surface area contributed by atoms with Crippen LogP contribution in [0.15, 0.2) is 0 Å². The summed E-state index contributed by atoms with van der Waals surface area (Å²) < 4.78 is 0. The Morgan fingerprint density at radius 2 is 1.19 bits per heavy atom.